The van der Waals surface area contributed by atoms with Crippen LogP contribution in [0.1, 0.15) is 0 Å². The van der Waals surface area contributed by atoms with Gasteiger partial charge in [-0.3, -0.25) is 4.79 Å². The number of methoxy groups -OCH3 is 1. The van der Waals surface area contributed by atoms with Crippen LogP contribution in [0.4, 0.5) is 24.5 Å². The first-order valence-electron chi connectivity index (χ1n) is 12.4. The Labute approximate surface area is 233 Å². The number of hydrogen-bond acceptors (Lipinski definition) is 8. The fourth-order valence-electron chi connectivity index (χ4n) is 4.96. The molecule has 3 aromatic carbocycles. The molecule has 2 aliphatic rings. The third kappa shape index (κ3) is 6.10. The Morgan fingerprint density at radius 2 is 1.59 bits per heavy atom. The van der Waals surface area contributed by atoms with Crippen molar-refractivity contribution < 1.29 is 45.7 Å². The molecule has 0 spiro atoms. The Hall–Kier alpha value is -3.85. The van der Waals surface area contributed by atoms with Gasteiger partial charge in [0.1, 0.15) is 12.4 Å². The standard InChI is InChI=1S/C27H26F3N3O7S/c1-38-16-25(34)32-14-19(31-41(36,37)18-12-10-17(11-13-18)40-27(28,29)30)26(35)22(15-32)33-20-6-2-4-8-23(20)39-24-9-5-3-7-21(24)33/h2-13,19,22,26,31,35H,14-16H2,1H3/t19-,22+,26+/m1/s1. The van der Waals surface area contributed by atoms with Crippen molar-refractivity contribution in [3.63, 3.8) is 0 Å². The molecule has 10 nitrogen and oxygen atoms in total. The Bertz CT molecular complexity index is 1470. The molecule has 1 saturated heterocycles. The van der Waals surface area contributed by atoms with Crippen LogP contribution in [0.3, 0.4) is 0 Å². The van der Waals surface area contributed by atoms with E-state index in [1.165, 1.54) is 12.0 Å². The minimum absolute atomic E-state index is 0.0355. The highest BCUT2D eigenvalue weighted by Gasteiger charge is 2.44. The number of carbonyl (C=O) groups excluding carboxylic acids is 1. The van der Waals surface area contributed by atoms with Crippen molar-refractivity contribution in [1.82, 2.24) is 9.62 Å². The molecule has 2 heterocycles. The number of amides is 1. The van der Waals surface area contributed by atoms with Crippen LogP contribution < -0.4 is 19.1 Å². The summed E-state index contributed by atoms with van der Waals surface area (Å²) in [5.74, 6) is 0.0151. The number of para-hydroxylation sites is 4. The van der Waals surface area contributed by atoms with E-state index in [0.29, 0.717) is 22.9 Å². The van der Waals surface area contributed by atoms with E-state index < -0.39 is 46.2 Å². The molecule has 0 radical (unpaired) electrons. The number of carbonyl (C=O) groups is 1. The van der Waals surface area contributed by atoms with Gasteiger partial charge >= 0.3 is 6.36 Å². The number of fused-ring (bicyclic) bond motifs is 2. The molecule has 14 heteroatoms. The number of ether oxygens (including phenoxy) is 3. The summed E-state index contributed by atoms with van der Waals surface area (Å²) in [6.45, 7) is -0.408. The maximum Gasteiger partial charge on any atom is 0.573 e. The largest absolute Gasteiger partial charge is 0.573 e. The van der Waals surface area contributed by atoms with E-state index in [1.807, 2.05) is 4.90 Å². The number of alkyl halides is 3. The number of likely N-dealkylation sites (tertiary alicyclic amines) is 1. The summed E-state index contributed by atoms with van der Waals surface area (Å²) < 4.78 is 81.4. The maximum atomic E-state index is 13.3. The minimum Gasteiger partial charge on any atom is -0.453 e. The van der Waals surface area contributed by atoms with Crippen molar-refractivity contribution in [2.75, 3.05) is 31.7 Å². The van der Waals surface area contributed by atoms with Crippen molar-refractivity contribution in [2.24, 2.45) is 0 Å². The van der Waals surface area contributed by atoms with Crippen molar-refractivity contribution in [2.45, 2.75) is 29.4 Å². The molecular weight excluding hydrogens is 567 g/mol. The maximum absolute atomic E-state index is 13.3. The summed E-state index contributed by atoms with van der Waals surface area (Å²) in [6, 6.07) is 15.9. The van der Waals surface area contributed by atoms with Crippen LogP contribution in [-0.2, 0) is 19.6 Å². The van der Waals surface area contributed by atoms with Gasteiger partial charge in [-0.05, 0) is 48.5 Å². The van der Waals surface area contributed by atoms with Gasteiger partial charge in [-0.1, -0.05) is 24.3 Å². The summed E-state index contributed by atoms with van der Waals surface area (Å²) in [7, 11) is -2.99. The second-order valence-corrected chi connectivity index (χ2v) is 11.2. The van der Waals surface area contributed by atoms with Gasteiger partial charge in [0.05, 0.1) is 34.5 Å². The molecule has 0 aromatic heterocycles. The molecule has 5 rings (SSSR count). The minimum atomic E-state index is -4.94. The molecular formula is C27H26F3N3O7S. The van der Waals surface area contributed by atoms with Crippen molar-refractivity contribution in [3.05, 3.63) is 72.8 Å². The van der Waals surface area contributed by atoms with Crippen LogP contribution in [0.5, 0.6) is 17.2 Å². The summed E-state index contributed by atoms with van der Waals surface area (Å²) in [6.07, 6.45) is -6.27. The van der Waals surface area contributed by atoms with Crippen LogP contribution in [-0.4, -0.2) is 75.7 Å². The van der Waals surface area contributed by atoms with Crippen LogP contribution in [0.15, 0.2) is 77.7 Å². The first kappa shape index (κ1) is 28.7. The zero-order valence-electron chi connectivity index (χ0n) is 21.6. The van der Waals surface area contributed by atoms with E-state index in [4.69, 9.17) is 9.47 Å². The Morgan fingerprint density at radius 1 is 1.00 bits per heavy atom. The lowest BCUT2D eigenvalue weighted by Gasteiger charge is -2.48. The van der Waals surface area contributed by atoms with E-state index in [2.05, 4.69) is 9.46 Å². The van der Waals surface area contributed by atoms with Crippen molar-refractivity contribution in [3.8, 4) is 17.2 Å². The normalized spacial score (nSPS) is 20.6. The van der Waals surface area contributed by atoms with Gasteiger partial charge in [0, 0.05) is 20.2 Å². The second-order valence-electron chi connectivity index (χ2n) is 9.44. The summed E-state index contributed by atoms with van der Waals surface area (Å²) in [5, 5.41) is 11.6. The molecule has 1 amide bonds. The van der Waals surface area contributed by atoms with Crippen LogP contribution in [0, 0.1) is 0 Å². The van der Waals surface area contributed by atoms with Gasteiger partial charge in [0.15, 0.2) is 11.5 Å². The van der Waals surface area contributed by atoms with E-state index >= 15 is 0 Å². The monoisotopic (exact) mass is 593 g/mol. The molecule has 2 aliphatic heterocycles. The Kier molecular flexibility index (Phi) is 7.83. The Balaban J connectivity index is 1.48. The van der Waals surface area contributed by atoms with E-state index in [0.717, 1.165) is 24.3 Å². The smallest absolute Gasteiger partial charge is 0.453 e. The third-order valence-corrected chi connectivity index (χ3v) is 8.23. The van der Waals surface area contributed by atoms with E-state index in [1.54, 1.807) is 48.5 Å². The molecule has 3 atom stereocenters. The van der Waals surface area contributed by atoms with Gasteiger partial charge in [0.25, 0.3) is 0 Å². The van der Waals surface area contributed by atoms with Gasteiger partial charge in [-0.25, -0.2) is 13.1 Å². The first-order valence-corrected chi connectivity index (χ1v) is 13.9. The number of anilines is 2. The molecule has 0 bridgehead atoms. The predicted octanol–water partition coefficient (Wildman–Crippen LogP) is 3.39. The van der Waals surface area contributed by atoms with Crippen molar-refractivity contribution >= 4 is 27.3 Å². The highest BCUT2D eigenvalue weighted by molar-refractivity contribution is 7.89. The topological polar surface area (TPSA) is 118 Å². The molecule has 0 unspecified atom stereocenters. The highest BCUT2D eigenvalue weighted by Crippen LogP contribution is 2.48. The fraction of sp³-hybridized carbons (Fsp3) is 0.296. The average molecular weight is 594 g/mol. The van der Waals surface area contributed by atoms with Gasteiger partial charge < -0.3 is 29.1 Å². The number of rotatable bonds is 7. The molecule has 3 aromatic rings. The molecule has 1 fully saturated rings. The number of nitrogens with one attached hydrogen (secondary N) is 1. The summed E-state index contributed by atoms with van der Waals surface area (Å²) in [5.41, 5.74) is 1.22. The number of nitrogens with zero attached hydrogens (tertiary/aromatic N) is 2. The predicted molar refractivity (Wildman–Crippen MR) is 141 cm³/mol. The van der Waals surface area contributed by atoms with E-state index in [-0.39, 0.29) is 24.6 Å². The van der Waals surface area contributed by atoms with Crippen LogP contribution in [0.25, 0.3) is 0 Å². The lowest BCUT2D eigenvalue weighted by Crippen LogP contribution is -2.66. The number of aliphatic hydroxyl groups is 1. The summed E-state index contributed by atoms with van der Waals surface area (Å²) >= 11 is 0. The van der Waals surface area contributed by atoms with Crippen molar-refractivity contribution in [1.29, 1.82) is 0 Å². The first-order chi connectivity index (χ1) is 19.5. The molecule has 2 N–H and O–H groups in total. The quantitative estimate of drug-likeness (QED) is 0.428. The lowest BCUT2D eigenvalue weighted by atomic mass is 9.94. The number of benzene rings is 3. The summed E-state index contributed by atoms with van der Waals surface area (Å²) in [4.78, 5) is 15.8. The number of piperidine rings is 1. The van der Waals surface area contributed by atoms with Crippen LogP contribution >= 0.6 is 0 Å². The average Bonchev–Trinajstić information content (AvgIpc) is 2.92. The second kappa shape index (κ2) is 11.2. The SMILES string of the molecule is COCC(=O)N1C[C@@H](NS(=O)(=O)c2ccc(OC(F)(F)F)cc2)[C@H](O)[C@@H](N2c3ccccc3Oc3ccccc32)C1. The number of hydrogen-bond donors (Lipinski definition) is 2. The molecule has 218 valence electrons. The van der Waals surface area contributed by atoms with E-state index in [9.17, 15) is 31.5 Å². The molecule has 0 saturated carbocycles. The van der Waals surface area contributed by atoms with Gasteiger partial charge in [0.2, 0.25) is 15.9 Å². The number of sulfonamides is 1. The highest BCUT2D eigenvalue weighted by atomic mass is 32.2. The number of halogens is 3. The van der Waals surface area contributed by atoms with Gasteiger partial charge in [-0.15, -0.1) is 13.2 Å². The molecule has 0 aliphatic carbocycles. The van der Waals surface area contributed by atoms with Gasteiger partial charge in [-0.2, -0.15) is 0 Å². The lowest BCUT2D eigenvalue weighted by molar-refractivity contribution is -0.274. The fourth-order valence-corrected chi connectivity index (χ4v) is 6.20. The number of aliphatic hydroxyl groups excluding tert-OH is 1. The molecule has 41 heavy (non-hydrogen) atoms. The zero-order valence-corrected chi connectivity index (χ0v) is 22.4. The van der Waals surface area contributed by atoms with Crippen LogP contribution in [0.2, 0.25) is 0 Å². The Morgan fingerprint density at radius 3 is 2.15 bits per heavy atom. The third-order valence-electron chi connectivity index (χ3n) is 6.73. The zero-order chi connectivity index (χ0) is 29.4.